The highest BCUT2D eigenvalue weighted by atomic mass is 16.6. The van der Waals surface area contributed by atoms with E-state index in [9.17, 15) is 4.79 Å². The summed E-state index contributed by atoms with van der Waals surface area (Å²) in [6.07, 6.45) is 1.62. The van der Waals surface area contributed by atoms with Gasteiger partial charge in [0.1, 0.15) is 0 Å². The predicted molar refractivity (Wildman–Crippen MR) is 92.1 cm³/mol. The monoisotopic (exact) mass is 322 g/mol. The van der Waals surface area contributed by atoms with Crippen LogP contribution in [-0.2, 0) is 9.47 Å². The molecule has 0 aliphatic carbocycles. The quantitative estimate of drug-likeness (QED) is 0.753. The summed E-state index contributed by atoms with van der Waals surface area (Å²) in [4.78, 5) is 17.1. The highest BCUT2D eigenvalue weighted by Crippen LogP contribution is 2.27. The Morgan fingerprint density at radius 3 is 2.92 bits per heavy atom. The minimum absolute atomic E-state index is 0.0950. The molecule has 24 heavy (non-hydrogen) atoms. The third-order valence-corrected chi connectivity index (χ3v) is 4.23. The molecular formula is C19H18N2O3. The molecular weight excluding hydrogens is 304 g/mol. The summed E-state index contributed by atoms with van der Waals surface area (Å²) in [6.45, 7) is 2.13. The van der Waals surface area contributed by atoms with E-state index in [0.717, 1.165) is 21.7 Å². The highest BCUT2D eigenvalue weighted by molar-refractivity contribution is 6.15. The maximum absolute atomic E-state index is 12.7. The Labute approximate surface area is 139 Å². The van der Waals surface area contributed by atoms with Gasteiger partial charge in [-0.1, -0.05) is 30.3 Å². The Balaban J connectivity index is 1.67. The number of amides is 1. The second-order valence-electron chi connectivity index (χ2n) is 5.82. The number of carbonyl (C=O) groups is 1. The van der Waals surface area contributed by atoms with Gasteiger partial charge in [-0.2, -0.15) is 0 Å². The van der Waals surface area contributed by atoms with Crippen LogP contribution in [0.1, 0.15) is 10.4 Å². The van der Waals surface area contributed by atoms with Crippen molar-refractivity contribution in [1.29, 1.82) is 0 Å². The summed E-state index contributed by atoms with van der Waals surface area (Å²) in [5.74, 6) is -0.140. The van der Waals surface area contributed by atoms with Gasteiger partial charge in [0.2, 0.25) is 0 Å². The van der Waals surface area contributed by atoms with Gasteiger partial charge >= 0.3 is 0 Å². The lowest BCUT2D eigenvalue weighted by Crippen LogP contribution is -2.39. The second kappa shape index (κ2) is 6.55. The Bertz CT molecular complexity index is 888. The number of nitrogens with one attached hydrogen (secondary N) is 1. The van der Waals surface area contributed by atoms with Crippen LogP contribution >= 0.6 is 0 Å². The van der Waals surface area contributed by atoms with Crippen molar-refractivity contribution in [3.63, 3.8) is 0 Å². The molecule has 0 spiro atoms. The molecule has 1 saturated heterocycles. The topological polar surface area (TPSA) is 60.5 Å². The lowest BCUT2D eigenvalue weighted by molar-refractivity contribution is -0.0855. The number of hydrogen-bond acceptors (Lipinski definition) is 4. The minimum Gasteiger partial charge on any atom is -0.376 e. The molecule has 1 aliphatic heterocycles. The maximum Gasteiger partial charge on any atom is 0.253 e. The van der Waals surface area contributed by atoms with E-state index < -0.39 is 0 Å². The van der Waals surface area contributed by atoms with E-state index in [1.54, 1.807) is 6.20 Å². The first-order valence-electron chi connectivity index (χ1n) is 8.07. The van der Waals surface area contributed by atoms with Crippen molar-refractivity contribution in [1.82, 2.24) is 10.3 Å². The van der Waals surface area contributed by atoms with Crippen LogP contribution in [0.4, 0.5) is 0 Å². The molecule has 0 bridgehead atoms. The van der Waals surface area contributed by atoms with E-state index in [-0.39, 0.29) is 12.0 Å². The third kappa shape index (κ3) is 2.84. The van der Waals surface area contributed by atoms with E-state index in [1.165, 1.54) is 0 Å². The molecule has 1 aliphatic rings. The number of ether oxygens (including phenoxy) is 2. The number of pyridine rings is 1. The van der Waals surface area contributed by atoms with Crippen LogP contribution in [0, 0.1) is 0 Å². The molecule has 1 N–H and O–H groups in total. The predicted octanol–water partition coefficient (Wildman–Crippen LogP) is 2.53. The van der Waals surface area contributed by atoms with E-state index in [4.69, 9.17) is 9.47 Å². The minimum atomic E-state index is -0.140. The highest BCUT2D eigenvalue weighted by Gasteiger charge is 2.18. The van der Waals surface area contributed by atoms with Crippen molar-refractivity contribution in [2.75, 3.05) is 26.4 Å². The molecule has 122 valence electrons. The van der Waals surface area contributed by atoms with Crippen LogP contribution in [-0.4, -0.2) is 43.4 Å². The summed E-state index contributed by atoms with van der Waals surface area (Å²) in [5.41, 5.74) is 1.30. The number of fused-ring (bicyclic) bond motifs is 3. The second-order valence-corrected chi connectivity index (χ2v) is 5.82. The van der Waals surface area contributed by atoms with Crippen LogP contribution in [0.5, 0.6) is 0 Å². The Hall–Kier alpha value is -2.50. The lowest BCUT2D eigenvalue weighted by atomic mass is 10.0. The van der Waals surface area contributed by atoms with Crippen molar-refractivity contribution in [3.8, 4) is 0 Å². The van der Waals surface area contributed by atoms with Crippen LogP contribution in [0.15, 0.2) is 48.7 Å². The molecule has 0 saturated carbocycles. The van der Waals surface area contributed by atoms with Gasteiger partial charge in [-0.15, -0.1) is 0 Å². The summed E-state index contributed by atoms with van der Waals surface area (Å²) in [6, 6.07) is 13.8. The molecule has 5 nitrogen and oxygen atoms in total. The summed E-state index contributed by atoms with van der Waals surface area (Å²) in [5, 5.41) is 6.05. The Morgan fingerprint density at radius 1 is 1.17 bits per heavy atom. The summed E-state index contributed by atoms with van der Waals surface area (Å²) < 4.78 is 10.9. The van der Waals surface area contributed by atoms with Gasteiger partial charge in [0.25, 0.3) is 5.91 Å². The largest absolute Gasteiger partial charge is 0.376 e. The van der Waals surface area contributed by atoms with Gasteiger partial charge in [-0.25, -0.2) is 0 Å². The molecule has 3 aromatic rings. The molecule has 4 rings (SSSR count). The fourth-order valence-corrected chi connectivity index (χ4v) is 3.06. The first-order chi connectivity index (χ1) is 11.8. The SMILES string of the molecule is O=C(NCC1COCCO1)c1cc2ccccc2c2cccnc12. The zero-order valence-electron chi connectivity index (χ0n) is 13.2. The first-order valence-corrected chi connectivity index (χ1v) is 8.07. The van der Waals surface area contributed by atoms with Gasteiger partial charge in [0.15, 0.2) is 0 Å². The van der Waals surface area contributed by atoms with E-state index in [0.29, 0.717) is 31.9 Å². The molecule has 1 atom stereocenters. The Kier molecular flexibility index (Phi) is 4.11. The van der Waals surface area contributed by atoms with Crippen molar-refractivity contribution in [2.45, 2.75) is 6.10 Å². The van der Waals surface area contributed by atoms with Crippen molar-refractivity contribution in [2.24, 2.45) is 0 Å². The number of carbonyl (C=O) groups excluding carboxylic acids is 1. The van der Waals surface area contributed by atoms with Crippen molar-refractivity contribution >= 4 is 27.6 Å². The first kappa shape index (κ1) is 15.1. The van der Waals surface area contributed by atoms with Gasteiger partial charge in [0, 0.05) is 18.1 Å². The number of aromatic nitrogens is 1. The summed E-state index contributed by atoms with van der Waals surface area (Å²) >= 11 is 0. The van der Waals surface area contributed by atoms with E-state index >= 15 is 0 Å². The lowest BCUT2D eigenvalue weighted by Gasteiger charge is -2.23. The number of nitrogens with zero attached hydrogens (tertiary/aromatic N) is 1. The zero-order valence-corrected chi connectivity index (χ0v) is 13.2. The smallest absolute Gasteiger partial charge is 0.253 e. The van der Waals surface area contributed by atoms with Crippen LogP contribution in [0.25, 0.3) is 21.7 Å². The molecule has 1 fully saturated rings. The molecule has 1 aromatic heterocycles. The zero-order chi connectivity index (χ0) is 16.4. The third-order valence-electron chi connectivity index (χ3n) is 4.23. The van der Waals surface area contributed by atoms with Crippen LogP contribution < -0.4 is 5.32 Å². The van der Waals surface area contributed by atoms with Gasteiger partial charge in [0.05, 0.1) is 37.0 Å². The normalized spacial score (nSPS) is 17.9. The number of rotatable bonds is 3. The standard InChI is InChI=1S/C19H18N2O3/c22-19(21-11-14-12-23-8-9-24-14)17-10-13-4-1-2-5-15(13)16-6-3-7-20-18(16)17/h1-7,10,14H,8-9,11-12H2,(H,21,22). The van der Waals surface area contributed by atoms with Gasteiger partial charge in [-0.05, 0) is 22.9 Å². The maximum atomic E-state index is 12.7. The average molecular weight is 322 g/mol. The molecule has 2 aromatic carbocycles. The Morgan fingerprint density at radius 2 is 2.04 bits per heavy atom. The molecule has 2 heterocycles. The van der Waals surface area contributed by atoms with Crippen molar-refractivity contribution in [3.05, 3.63) is 54.2 Å². The number of benzene rings is 2. The molecule has 1 amide bonds. The summed E-state index contributed by atoms with van der Waals surface area (Å²) in [7, 11) is 0. The van der Waals surface area contributed by atoms with Gasteiger partial charge < -0.3 is 14.8 Å². The van der Waals surface area contributed by atoms with E-state index in [1.807, 2.05) is 42.5 Å². The van der Waals surface area contributed by atoms with Crippen LogP contribution in [0.2, 0.25) is 0 Å². The van der Waals surface area contributed by atoms with Crippen LogP contribution in [0.3, 0.4) is 0 Å². The average Bonchev–Trinajstić information content (AvgIpc) is 2.66. The van der Waals surface area contributed by atoms with Gasteiger partial charge in [-0.3, -0.25) is 9.78 Å². The fourth-order valence-electron chi connectivity index (χ4n) is 3.06. The molecule has 1 unspecified atom stereocenters. The molecule has 5 heteroatoms. The van der Waals surface area contributed by atoms with E-state index in [2.05, 4.69) is 10.3 Å². The van der Waals surface area contributed by atoms with Crippen molar-refractivity contribution < 1.29 is 14.3 Å². The number of hydrogen-bond donors (Lipinski definition) is 1. The fraction of sp³-hybridized carbons (Fsp3) is 0.263. The molecule has 0 radical (unpaired) electrons.